The molecule has 0 atom stereocenters. The lowest BCUT2D eigenvalue weighted by Crippen LogP contribution is -2.28. The quantitative estimate of drug-likeness (QED) is 0.393. The van der Waals surface area contributed by atoms with E-state index in [9.17, 15) is 9.59 Å². The highest BCUT2D eigenvalue weighted by atomic mass is 16.5. The van der Waals surface area contributed by atoms with E-state index < -0.39 is 0 Å². The first-order chi connectivity index (χ1) is 10.4. The number of carbonyl (C=O) groups excluding carboxylic acids is 2. The van der Waals surface area contributed by atoms with Gasteiger partial charge < -0.3 is 9.47 Å². The molecule has 0 aliphatic rings. The first-order valence-corrected chi connectivity index (χ1v) is 8.73. The highest BCUT2D eigenvalue weighted by Crippen LogP contribution is 2.17. The van der Waals surface area contributed by atoms with Gasteiger partial charge in [-0.1, -0.05) is 47.5 Å². The topological polar surface area (TPSA) is 52.6 Å². The Morgan fingerprint density at radius 3 is 1.86 bits per heavy atom. The Bertz CT molecular complexity index is 302. The molecule has 0 aliphatic carbocycles. The molecule has 22 heavy (non-hydrogen) atoms. The summed E-state index contributed by atoms with van der Waals surface area (Å²) in [6.07, 6.45) is 5.22. The molecule has 0 aliphatic heterocycles. The molecule has 0 spiro atoms. The van der Waals surface area contributed by atoms with Crippen molar-refractivity contribution < 1.29 is 19.1 Å². The Hall–Kier alpha value is -1.06. The first-order valence-electron chi connectivity index (χ1n) is 8.73. The summed E-state index contributed by atoms with van der Waals surface area (Å²) in [6, 6.07) is 0. The van der Waals surface area contributed by atoms with Crippen LogP contribution in [0.25, 0.3) is 0 Å². The van der Waals surface area contributed by atoms with E-state index in [1.807, 2.05) is 0 Å². The van der Waals surface area contributed by atoms with Crippen molar-refractivity contribution in [2.24, 2.45) is 11.8 Å². The molecule has 4 nitrogen and oxygen atoms in total. The van der Waals surface area contributed by atoms with Crippen LogP contribution in [0, 0.1) is 11.8 Å². The molecule has 0 aromatic heterocycles. The lowest BCUT2D eigenvalue weighted by Gasteiger charge is -2.24. The SMILES string of the molecule is CCCCCOC(=O)CCCCC(=O)OC(C(C)C)C(C)C. The van der Waals surface area contributed by atoms with Gasteiger partial charge in [0, 0.05) is 12.8 Å². The summed E-state index contributed by atoms with van der Waals surface area (Å²) in [5.41, 5.74) is 0. The molecular weight excluding hydrogens is 280 g/mol. The molecular formula is C18H34O4. The van der Waals surface area contributed by atoms with Crippen molar-refractivity contribution >= 4 is 11.9 Å². The van der Waals surface area contributed by atoms with E-state index in [2.05, 4.69) is 34.6 Å². The van der Waals surface area contributed by atoms with Crippen molar-refractivity contribution in [1.82, 2.24) is 0 Å². The van der Waals surface area contributed by atoms with Crippen LogP contribution in [-0.4, -0.2) is 24.6 Å². The molecule has 0 amide bonds. The fourth-order valence-corrected chi connectivity index (χ4v) is 2.40. The van der Waals surface area contributed by atoms with Gasteiger partial charge in [-0.3, -0.25) is 9.59 Å². The molecule has 0 bridgehead atoms. The van der Waals surface area contributed by atoms with Crippen molar-refractivity contribution in [2.45, 2.75) is 85.7 Å². The maximum absolute atomic E-state index is 11.8. The lowest BCUT2D eigenvalue weighted by atomic mass is 9.96. The summed E-state index contributed by atoms with van der Waals surface area (Å²) in [6.45, 7) is 10.9. The molecule has 0 N–H and O–H groups in total. The average Bonchev–Trinajstić information content (AvgIpc) is 2.45. The van der Waals surface area contributed by atoms with Crippen LogP contribution in [0.3, 0.4) is 0 Å². The van der Waals surface area contributed by atoms with Gasteiger partial charge in [-0.15, -0.1) is 0 Å². The Balaban J connectivity index is 3.73. The van der Waals surface area contributed by atoms with Crippen molar-refractivity contribution in [1.29, 1.82) is 0 Å². The standard InChI is InChI=1S/C18H34O4/c1-6-7-10-13-21-16(19)11-8-9-12-17(20)22-18(14(2)3)15(4)5/h14-15,18H,6-13H2,1-5H3. The van der Waals surface area contributed by atoms with Crippen LogP contribution < -0.4 is 0 Å². The third-order valence-electron chi connectivity index (χ3n) is 3.60. The van der Waals surface area contributed by atoms with Gasteiger partial charge in [0.05, 0.1) is 6.61 Å². The van der Waals surface area contributed by atoms with Crippen molar-refractivity contribution in [3.8, 4) is 0 Å². The number of unbranched alkanes of at least 4 members (excludes halogenated alkanes) is 3. The molecule has 0 saturated carbocycles. The smallest absolute Gasteiger partial charge is 0.306 e. The number of carbonyl (C=O) groups is 2. The van der Waals surface area contributed by atoms with Crippen LogP contribution >= 0.6 is 0 Å². The number of esters is 2. The summed E-state index contributed by atoms with van der Waals surface area (Å²) in [4.78, 5) is 23.3. The van der Waals surface area contributed by atoms with E-state index in [0.717, 1.165) is 19.3 Å². The molecule has 4 heteroatoms. The van der Waals surface area contributed by atoms with Crippen LogP contribution in [0.15, 0.2) is 0 Å². The molecule has 0 saturated heterocycles. The minimum absolute atomic E-state index is 0.0315. The summed E-state index contributed by atoms with van der Waals surface area (Å²) >= 11 is 0. The Kier molecular flexibility index (Phi) is 11.9. The molecule has 0 rings (SSSR count). The van der Waals surface area contributed by atoms with Gasteiger partial charge in [-0.2, -0.15) is 0 Å². The third-order valence-corrected chi connectivity index (χ3v) is 3.60. The Labute approximate surface area is 135 Å². The molecule has 130 valence electrons. The van der Waals surface area contributed by atoms with E-state index in [4.69, 9.17) is 9.47 Å². The molecule has 0 heterocycles. The number of rotatable bonds is 12. The van der Waals surface area contributed by atoms with E-state index in [1.165, 1.54) is 0 Å². The van der Waals surface area contributed by atoms with Crippen LogP contribution in [0.5, 0.6) is 0 Å². The zero-order chi connectivity index (χ0) is 17.0. The van der Waals surface area contributed by atoms with E-state index in [-0.39, 0.29) is 18.0 Å². The van der Waals surface area contributed by atoms with E-state index in [1.54, 1.807) is 0 Å². The second-order valence-corrected chi connectivity index (χ2v) is 6.58. The maximum Gasteiger partial charge on any atom is 0.306 e. The monoisotopic (exact) mass is 314 g/mol. The van der Waals surface area contributed by atoms with Crippen LogP contribution in [0.2, 0.25) is 0 Å². The Morgan fingerprint density at radius 1 is 0.818 bits per heavy atom. The van der Waals surface area contributed by atoms with Crippen molar-refractivity contribution in [3.05, 3.63) is 0 Å². The summed E-state index contributed by atoms with van der Waals surface area (Å²) in [7, 11) is 0. The van der Waals surface area contributed by atoms with Gasteiger partial charge in [0.15, 0.2) is 0 Å². The minimum Gasteiger partial charge on any atom is -0.466 e. The molecule has 0 unspecified atom stereocenters. The van der Waals surface area contributed by atoms with Crippen molar-refractivity contribution in [3.63, 3.8) is 0 Å². The van der Waals surface area contributed by atoms with Gasteiger partial charge in [-0.25, -0.2) is 0 Å². The lowest BCUT2D eigenvalue weighted by molar-refractivity contribution is -0.154. The van der Waals surface area contributed by atoms with Crippen molar-refractivity contribution in [2.75, 3.05) is 6.61 Å². The van der Waals surface area contributed by atoms with E-state index in [0.29, 0.717) is 44.1 Å². The van der Waals surface area contributed by atoms with Crippen LogP contribution in [0.4, 0.5) is 0 Å². The molecule has 0 aromatic rings. The maximum atomic E-state index is 11.8. The van der Waals surface area contributed by atoms with Gasteiger partial charge >= 0.3 is 11.9 Å². The second kappa shape index (κ2) is 12.5. The molecule has 0 fully saturated rings. The van der Waals surface area contributed by atoms with E-state index >= 15 is 0 Å². The predicted molar refractivity (Wildman–Crippen MR) is 88.5 cm³/mol. The fraction of sp³-hybridized carbons (Fsp3) is 0.889. The second-order valence-electron chi connectivity index (χ2n) is 6.58. The normalized spacial score (nSPS) is 11.3. The number of hydrogen-bond acceptors (Lipinski definition) is 4. The molecule has 0 aromatic carbocycles. The average molecular weight is 314 g/mol. The fourth-order valence-electron chi connectivity index (χ4n) is 2.40. The van der Waals surface area contributed by atoms with Gasteiger partial charge in [-0.05, 0) is 31.1 Å². The largest absolute Gasteiger partial charge is 0.466 e. The molecule has 0 radical (unpaired) electrons. The van der Waals surface area contributed by atoms with Gasteiger partial charge in [0.2, 0.25) is 0 Å². The summed E-state index contributed by atoms with van der Waals surface area (Å²) < 4.78 is 10.6. The Morgan fingerprint density at radius 2 is 1.36 bits per heavy atom. The zero-order valence-corrected chi connectivity index (χ0v) is 15.0. The van der Waals surface area contributed by atoms with Gasteiger partial charge in [0.25, 0.3) is 0 Å². The zero-order valence-electron chi connectivity index (χ0n) is 15.0. The van der Waals surface area contributed by atoms with Crippen LogP contribution in [-0.2, 0) is 19.1 Å². The summed E-state index contributed by atoms with van der Waals surface area (Å²) in [5.74, 6) is 0.319. The van der Waals surface area contributed by atoms with Crippen LogP contribution in [0.1, 0.15) is 79.6 Å². The highest BCUT2D eigenvalue weighted by Gasteiger charge is 2.21. The number of ether oxygens (including phenoxy) is 2. The predicted octanol–water partition coefficient (Wildman–Crippen LogP) is 4.50. The summed E-state index contributed by atoms with van der Waals surface area (Å²) in [5, 5.41) is 0. The highest BCUT2D eigenvalue weighted by molar-refractivity contribution is 5.70. The minimum atomic E-state index is -0.163. The van der Waals surface area contributed by atoms with Gasteiger partial charge in [0.1, 0.15) is 6.10 Å². The third kappa shape index (κ3) is 10.6. The first kappa shape index (κ1) is 20.9. The number of hydrogen-bond donors (Lipinski definition) is 0.